The van der Waals surface area contributed by atoms with Crippen LogP contribution in [0.3, 0.4) is 0 Å². The normalized spacial score (nSPS) is 20.9. The molecule has 0 bridgehead atoms. The summed E-state index contributed by atoms with van der Waals surface area (Å²) in [7, 11) is 1.90. The molecule has 8 heteroatoms. The molecule has 1 aliphatic rings. The van der Waals surface area contributed by atoms with Gasteiger partial charge in [-0.2, -0.15) is 5.10 Å². The Kier molecular flexibility index (Phi) is 3.95. The van der Waals surface area contributed by atoms with Gasteiger partial charge >= 0.3 is 0 Å². The summed E-state index contributed by atoms with van der Waals surface area (Å²) in [5, 5.41) is 7.70. The lowest BCUT2D eigenvalue weighted by Gasteiger charge is -2.18. The summed E-state index contributed by atoms with van der Waals surface area (Å²) < 4.78 is 9.23. The Morgan fingerprint density at radius 3 is 3.12 bits per heavy atom. The van der Waals surface area contributed by atoms with Gasteiger partial charge < -0.3 is 10.1 Å². The molecule has 0 aromatic carbocycles. The number of nitrogens with zero attached hydrogens (tertiary/aromatic N) is 4. The number of nitrogens with one attached hydrogen (secondary N) is 1. The summed E-state index contributed by atoms with van der Waals surface area (Å²) >= 11 is 1.53. The Bertz CT molecular complexity index is 928. The van der Waals surface area contributed by atoms with Gasteiger partial charge in [-0.3, -0.25) is 13.9 Å². The molecule has 0 unspecified atom stereocenters. The van der Waals surface area contributed by atoms with E-state index in [0.29, 0.717) is 6.54 Å². The zero-order valence-electron chi connectivity index (χ0n) is 13.6. The van der Waals surface area contributed by atoms with E-state index >= 15 is 0 Å². The van der Waals surface area contributed by atoms with Gasteiger partial charge in [-0.15, -0.1) is 11.3 Å². The summed E-state index contributed by atoms with van der Waals surface area (Å²) in [4.78, 5) is 18.6. The fourth-order valence-electron chi connectivity index (χ4n) is 3.10. The maximum Gasteiger partial charge on any atom is 0.258 e. The molecule has 24 heavy (non-hydrogen) atoms. The molecular formula is C16H19N5O2S. The van der Waals surface area contributed by atoms with Gasteiger partial charge in [-0.25, -0.2) is 4.98 Å². The van der Waals surface area contributed by atoms with E-state index in [0.717, 1.165) is 34.1 Å². The lowest BCUT2D eigenvalue weighted by atomic mass is 10.1. The van der Waals surface area contributed by atoms with Crippen LogP contribution in [0.5, 0.6) is 0 Å². The molecule has 0 aliphatic carbocycles. The topological polar surface area (TPSA) is 73.4 Å². The molecule has 4 rings (SSSR count). The van der Waals surface area contributed by atoms with Crippen molar-refractivity contribution in [3.8, 4) is 0 Å². The van der Waals surface area contributed by atoms with Gasteiger partial charge in [0.15, 0.2) is 4.96 Å². The van der Waals surface area contributed by atoms with E-state index in [1.807, 2.05) is 32.6 Å². The monoisotopic (exact) mass is 345 g/mol. The quantitative estimate of drug-likeness (QED) is 0.774. The third-order valence-corrected chi connectivity index (χ3v) is 5.12. The highest BCUT2D eigenvalue weighted by Gasteiger charge is 2.30. The van der Waals surface area contributed by atoms with Gasteiger partial charge in [0.25, 0.3) is 5.56 Å². The van der Waals surface area contributed by atoms with Crippen LogP contribution in [0, 0.1) is 6.92 Å². The molecule has 0 radical (unpaired) electrons. The van der Waals surface area contributed by atoms with Crippen molar-refractivity contribution in [1.29, 1.82) is 0 Å². The molecule has 7 nitrogen and oxygen atoms in total. The van der Waals surface area contributed by atoms with E-state index in [1.54, 1.807) is 15.1 Å². The van der Waals surface area contributed by atoms with Crippen LogP contribution in [0.4, 0.5) is 0 Å². The molecule has 2 atom stereocenters. The van der Waals surface area contributed by atoms with Crippen molar-refractivity contribution in [2.24, 2.45) is 7.05 Å². The predicted octanol–water partition coefficient (Wildman–Crippen LogP) is 1.42. The lowest BCUT2D eigenvalue weighted by molar-refractivity contribution is 0.0983. The first-order chi connectivity index (χ1) is 11.6. The summed E-state index contributed by atoms with van der Waals surface area (Å²) in [6.07, 6.45) is 6.58. The van der Waals surface area contributed by atoms with Gasteiger partial charge in [0, 0.05) is 55.1 Å². The second-order valence-corrected chi connectivity index (χ2v) is 7.31. The van der Waals surface area contributed by atoms with E-state index in [1.165, 1.54) is 11.3 Å². The van der Waals surface area contributed by atoms with Gasteiger partial charge in [0.2, 0.25) is 0 Å². The number of hydrogen-bond acceptors (Lipinski definition) is 6. The first-order valence-corrected chi connectivity index (χ1v) is 8.74. The van der Waals surface area contributed by atoms with Crippen LogP contribution >= 0.6 is 11.3 Å². The van der Waals surface area contributed by atoms with Crippen LogP contribution < -0.4 is 10.9 Å². The van der Waals surface area contributed by atoms with Crippen molar-refractivity contribution < 1.29 is 4.74 Å². The molecule has 1 N–H and O–H groups in total. The Labute approximate surface area is 142 Å². The minimum atomic E-state index is -0.0346. The SMILES string of the molecule is Cc1cn2c(=O)cc(CN[C@@H]3CCO[C@H]3c3cnn(C)c3)nc2s1. The summed E-state index contributed by atoms with van der Waals surface area (Å²) in [6.45, 7) is 3.25. The van der Waals surface area contributed by atoms with E-state index < -0.39 is 0 Å². The van der Waals surface area contributed by atoms with Crippen molar-refractivity contribution in [3.05, 3.63) is 51.1 Å². The van der Waals surface area contributed by atoms with Crippen LogP contribution in [0.2, 0.25) is 0 Å². The number of aryl methyl sites for hydroxylation is 2. The smallest absolute Gasteiger partial charge is 0.258 e. The number of ether oxygens (including phenoxy) is 1. The highest BCUT2D eigenvalue weighted by Crippen LogP contribution is 2.28. The molecule has 1 aliphatic heterocycles. The number of fused-ring (bicyclic) bond motifs is 1. The first kappa shape index (κ1) is 15.5. The van der Waals surface area contributed by atoms with Gasteiger partial charge in [-0.1, -0.05) is 0 Å². The van der Waals surface area contributed by atoms with Gasteiger partial charge in [0.1, 0.15) is 6.10 Å². The molecule has 4 heterocycles. The first-order valence-electron chi connectivity index (χ1n) is 7.92. The van der Waals surface area contributed by atoms with Crippen LogP contribution in [-0.4, -0.2) is 31.8 Å². The van der Waals surface area contributed by atoms with E-state index in [2.05, 4.69) is 15.4 Å². The maximum atomic E-state index is 12.2. The summed E-state index contributed by atoms with van der Waals surface area (Å²) in [5.74, 6) is 0. The zero-order chi connectivity index (χ0) is 16.7. The largest absolute Gasteiger partial charge is 0.372 e. The second kappa shape index (κ2) is 6.12. The van der Waals surface area contributed by atoms with E-state index in [4.69, 9.17) is 4.74 Å². The Morgan fingerprint density at radius 2 is 2.33 bits per heavy atom. The minimum absolute atomic E-state index is 0.00693. The van der Waals surface area contributed by atoms with Crippen LogP contribution in [-0.2, 0) is 18.3 Å². The van der Waals surface area contributed by atoms with Crippen molar-refractivity contribution in [1.82, 2.24) is 24.5 Å². The molecule has 0 spiro atoms. The molecule has 1 fully saturated rings. The summed E-state index contributed by atoms with van der Waals surface area (Å²) in [5.41, 5.74) is 1.80. The molecular weight excluding hydrogens is 326 g/mol. The van der Waals surface area contributed by atoms with Crippen molar-refractivity contribution in [3.63, 3.8) is 0 Å². The number of thiazole rings is 1. The minimum Gasteiger partial charge on any atom is -0.372 e. The fourth-order valence-corrected chi connectivity index (χ4v) is 3.95. The molecule has 3 aromatic rings. The van der Waals surface area contributed by atoms with Gasteiger partial charge in [0.05, 0.1) is 11.9 Å². The van der Waals surface area contributed by atoms with Crippen LogP contribution in [0.25, 0.3) is 4.96 Å². The third kappa shape index (κ3) is 2.88. The number of hydrogen-bond donors (Lipinski definition) is 1. The van der Waals surface area contributed by atoms with Crippen molar-refractivity contribution >= 4 is 16.3 Å². The number of rotatable bonds is 4. The van der Waals surface area contributed by atoms with E-state index in [-0.39, 0.29) is 17.7 Å². The molecule has 1 saturated heterocycles. The molecule has 126 valence electrons. The van der Waals surface area contributed by atoms with Crippen LogP contribution in [0.1, 0.15) is 28.7 Å². The number of aromatic nitrogens is 4. The predicted molar refractivity (Wildman–Crippen MR) is 91.2 cm³/mol. The lowest BCUT2D eigenvalue weighted by Crippen LogP contribution is -2.32. The van der Waals surface area contributed by atoms with Crippen LogP contribution in [0.15, 0.2) is 29.5 Å². The Morgan fingerprint density at radius 1 is 1.46 bits per heavy atom. The average molecular weight is 345 g/mol. The summed E-state index contributed by atoms with van der Waals surface area (Å²) in [6, 6.07) is 1.79. The Hall–Kier alpha value is -2.03. The highest BCUT2D eigenvalue weighted by atomic mass is 32.1. The van der Waals surface area contributed by atoms with E-state index in [9.17, 15) is 4.79 Å². The molecule has 0 saturated carbocycles. The standard InChI is InChI=1S/C16H19N5O2S/c1-10-8-21-14(22)5-12(19-16(21)24-10)7-17-13-3-4-23-15(13)11-6-18-20(2)9-11/h5-6,8-9,13,15,17H,3-4,7H2,1-2H3/t13-,15+/m1/s1. The second-order valence-electron chi connectivity index (χ2n) is 6.09. The maximum absolute atomic E-state index is 12.2. The fraction of sp³-hybridized carbons (Fsp3) is 0.438. The molecule has 0 amide bonds. The third-order valence-electron chi connectivity index (χ3n) is 4.23. The molecule has 3 aromatic heterocycles. The average Bonchev–Trinajstić information content (AvgIpc) is 3.24. The van der Waals surface area contributed by atoms with Gasteiger partial charge in [-0.05, 0) is 13.3 Å². The van der Waals surface area contributed by atoms with Crippen molar-refractivity contribution in [2.75, 3.05) is 6.61 Å². The Balaban J connectivity index is 1.51. The zero-order valence-corrected chi connectivity index (χ0v) is 14.4. The van der Waals surface area contributed by atoms with Crippen molar-refractivity contribution in [2.45, 2.75) is 32.0 Å². The highest BCUT2D eigenvalue weighted by molar-refractivity contribution is 7.16.